The fourth-order valence-corrected chi connectivity index (χ4v) is 1.33. The Morgan fingerprint density at radius 3 is 2.92 bits per heavy atom. The molecule has 0 aromatic rings. The van der Waals surface area contributed by atoms with Gasteiger partial charge in [-0.05, 0) is 32.8 Å². The van der Waals surface area contributed by atoms with Crippen LogP contribution in [0.15, 0.2) is 23.8 Å². The molecule has 0 radical (unpaired) electrons. The summed E-state index contributed by atoms with van der Waals surface area (Å²) in [6, 6.07) is 0.107. The predicted octanol–water partition coefficient (Wildman–Crippen LogP) is 2.02. The Bertz CT molecular complexity index is 230. The van der Waals surface area contributed by atoms with Crippen molar-refractivity contribution in [2.24, 2.45) is 5.73 Å². The maximum absolute atomic E-state index is 5.80. The molecule has 1 aliphatic rings. The third-order valence-electron chi connectivity index (χ3n) is 2.49. The molecule has 2 N–H and O–H groups in total. The molecule has 0 aromatic carbocycles. The number of hydrogen-bond donors (Lipinski definition) is 1. The van der Waals surface area contributed by atoms with Crippen molar-refractivity contribution < 1.29 is 4.74 Å². The van der Waals surface area contributed by atoms with E-state index in [0.717, 1.165) is 6.42 Å². The topological polar surface area (TPSA) is 35.2 Å². The Morgan fingerprint density at radius 1 is 1.69 bits per heavy atom. The molecular weight excluding hydrogens is 162 g/mol. The lowest BCUT2D eigenvalue weighted by Gasteiger charge is -2.32. The summed E-state index contributed by atoms with van der Waals surface area (Å²) in [5.74, 6) is 0. The zero-order valence-electron chi connectivity index (χ0n) is 8.71. The van der Waals surface area contributed by atoms with Crippen molar-refractivity contribution in [3.05, 3.63) is 23.8 Å². The summed E-state index contributed by atoms with van der Waals surface area (Å²) >= 11 is 0. The summed E-state index contributed by atoms with van der Waals surface area (Å²) in [6.07, 6.45) is 7.26. The van der Waals surface area contributed by atoms with E-state index in [2.05, 4.69) is 32.1 Å². The first-order chi connectivity index (χ1) is 6.04. The van der Waals surface area contributed by atoms with Gasteiger partial charge in [0.05, 0.1) is 12.2 Å². The number of nitrogens with two attached hydrogens (primary N) is 1. The number of ether oxygens (including phenoxy) is 1. The van der Waals surface area contributed by atoms with Crippen molar-refractivity contribution in [1.82, 2.24) is 0 Å². The van der Waals surface area contributed by atoms with Crippen LogP contribution in [0.25, 0.3) is 0 Å². The molecule has 2 heteroatoms. The second-order valence-electron chi connectivity index (χ2n) is 4.00. The van der Waals surface area contributed by atoms with Crippen LogP contribution in [0.2, 0.25) is 0 Å². The molecule has 0 aliphatic heterocycles. The molecule has 74 valence electrons. The van der Waals surface area contributed by atoms with Crippen LogP contribution in [0, 0.1) is 0 Å². The van der Waals surface area contributed by atoms with E-state index < -0.39 is 0 Å². The second-order valence-corrected chi connectivity index (χ2v) is 4.00. The van der Waals surface area contributed by atoms with Crippen LogP contribution in [0.3, 0.4) is 0 Å². The van der Waals surface area contributed by atoms with E-state index in [1.807, 2.05) is 6.92 Å². The molecule has 0 spiro atoms. The second kappa shape index (κ2) is 4.07. The minimum absolute atomic E-state index is 0.107. The van der Waals surface area contributed by atoms with Gasteiger partial charge in [-0.25, -0.2) is 0 Å². The molecule has 0 amide bonds. The standard InChI is InChI=1S/C11H19NO/c1-9-6-4-5-7-11(9,3)13-8-10(2)12/h4-6,10H,7-8,12H2,1-3H3. The number of allylic oxidation sites excluding steroid dienone is 2. The van der Waals surface area contributed by atoms with Gasteiger partial charge in [0, 0.05) is 6.04 Å². The largest absolute Gasteiger partial charge is 0.369 e. The average Bonchev–Trinajstić information content (AvgIpc) is 2.07. The van der Waals surface area contributed by atoms with Crippen molar-refractivity contribution >= 4 is 0 Å². The van der Waals surface area contributed by atoms with Gasteiger partial charge in [-0.1, -0.05) is 18.2 Å². The van der Waals surface area contributed by atoms with Crippen LogP contribution in [-0.2, 0) is 4.74 Å². The lowest BCUT2D eigenvalue weighted by atomic mass is 9.89. The van der Waals surface area contributed by atoms with E-state index in [9.17, 15) is 0 Å². The maximum Gasteiger partial charge on any atom is 0.0898 e. The van der Waals surface area contributed by atoms with Crippen LogP contribution in [0.5, 0.6) is 0 Å². The Kier molecular flexibility index (Phi) is 3.28. The minimum Gasteiger partial charge on any atom is -0.369 e. The summed E-state index contributed by atoms with van der Waals surface area (Å²) in [7, 11) is 0. The molecule has 0 bridgehead atoms. The van der Waals surface area contributed by atoms with Crippen LogP contribution >= 0.6 is 0 Å². The van der Waals surface area contributed by atoms with Crippen molar-refractivity contribution in [1.29, 1.82) is 0 Å². The summed E-state index contributed by atoms with van der Waals surface area (Å²) in [5, 5.41) is 0. The lowest BCUT2D eigenvalue weighted by molar-refractivity contribution is -0.00719. The highest BCUT2D eigenvalue weighted by Gasteiger charge is 2.27. The summed E-state index contributed by atoms with van der Waals surface area (Å²) < 4.78 is 5.80. The molecule has 13 heavy (non-hydrogen) atoms. The van der Waals surface area contributed by atoms with E-state index in [-0.39, 0.29) is 11.6 Å². The summed E-state index contributed by atoms with van der Waals surface area (Å²) in [5.41, 5.74) is 6.79. The molecule has 0 aromatic heterocycles. The third kappa shape index (κ3) is 2.68. The molecule has 0 saturated heterocycles. The Labute approximate surface area is 80.5 Å². The molecule has 0 heterocycles. The lowest BCUT2D eigenvalue weighted by Crippen LogP contribution is -2.35. The maximum atomic E-state index is 5.80. The van der Waals surface area contributed by atoms with E-state index >= 15 is 0 Å². The Hall–Kier alpha value is -0.600. The number of rotatable bonds is 3. The SMILES string of the molecule is CC1=CC=CCC1(C)OCC(C)N. The van der Waals surface area contributed by atoms with E-state index in [1.165, 1.54) is 5.57 Å². The van der Waals surface area contributed by atoms with Crippen LogP contribution in [0.1, 0.15) is 27.2 Å². The highest BCUT2D eigenvalue weighted by molar-refractivity contribution is 5.25. The van der Waals surface area contributed by atoms with Gasteiger partial charge in [-0.3, -0.25) is 0 Å². The third-order valence-corrected chi connectivity index (χ3v) is 2.49. The predicted molar refractivity (Wildman–Crippen MR) is 55.5 cm³/mol. The first-order valence-electron chi connectivity index (χ1n) is 4.78. The normalized spacial score (nSPS) is 30.0. The summed E-state index contributed by atoms with van der Waals surface area (Å²) in [6.45, 7) is 6.80. The van der Waals surface area contributed by atoms with Crippen LogP contribution in [0.4, 0.5) is 0 Å². The van der Waals surface area contributed by atoms with Crippen LogP contribution in [-0.4, -0.2) is 18.2 Å². The summed E-state index contributed by atoms with van der Waals surface area (Å²) in [4.78, 5) is 0. The fourth-order valence-electron chi connectivity index (χ4n) is 1.33. The van der Waals surface area contributed by atoms with E-state index in [4.69, 9.17) is 10.5 Å². The van der Waals surface area contributed by atoms with Gasteiger partial charge in [0.25, 0.3) is 0 Å². The Balaban J connectivity index is 2.56. The Morgan fingerprint density at radius 2 is 2.38 bits per heavy atom. The van der Waals surface area contributed by atoms with Gasteiger partial charge in [-0.2, -0.15) is 0 Å². The van der Waals surface area contributed by atoms with Crippen LogP contribution < -0.4 is 5.73 Å². The van der Waals surface area contributed by atoms with E-state index in [0.29, 0.717) is 6.61 Å². The van der Waals surface area contributed by atoms with Crippen molar-refractivity contribution in [3.8, 4) is 0 Å². The first-order valence-corrected chi connectivity index (χ1v) is 4.78. The molecule has 2 unspecified atom stereocenters. The molecule has 1 aliphatic carbocycles. The van der Waals surface area contributed by atoms with Gasteiger partial charge in [-0.15, -0.1) is 0 Å². The molecule has 1 rings (SSSR count). The first kappa shape index (κ1) is 10.5. The van der Waals surface area contributed by atoms with Gasteiger partial charge < -0.3 is 10.5 Å². The molecule has 2 atom stereocenters. The van der Waals surface area contributed by atoms with E-state index in [1.54, 1.807) is 0 Å². The van der Waals surface area contributed by atoms with Gasteiger partial charge in [0.1, 0.15) is 0 Å². The van der Waals surface area contributed by atoms with Crippen molar-refractivity contribution in [2.45, 2.75) is 38.8 Å². The van der Waals surface area contributed by atoms with Crippen molar-refractivity contribution in [2.75, 3.05) is 6.61 Å². The zero-order chi connectivity index (χ0) is 9.90. The monoisotopic (exact) mass is 181 g/mol. The van der Waals surface area contributed by atoms with Gasteiger partial charge >= 0.3 is 0 Å². The molecule has 0 fully saturated rings. The highest BCUT2D eigenvalue weighted by atomic mass is 16.5. The molecule has 0 saturated carbocycles. The minimum atomic E-state index is -0.137. The van der Waals surface area contributed by atoms with Crippen molar-refractivity contribution in [3.63, 3.8) is 0 Å². The number of hydrogen-bond acceptors (Lipinski definition) is 2. The van der Waals surface area contributed by atoms with Gasteiger partial charge in [0.15, 0.2) is 0 Å². The fraction of sp³-hybridized carbons (Fsp3) is 0.636. The quantitative estimate of drug-likeness (QED) is 0.723. The van der Waals surface area contributed by atoms with Gasteiger partial charge in [0.2, 0.25) is 0 Å². The average molecular weight is 181 g/mol. The molecule has 2 nitrogen and oxygen atoms in total. The zero-order valence-corrected chi connectivity index (χ0v) is 8.71. The molecular formula is C11H19NO. The smallest absolute Gasteiger partial charge is 0.0898 e. The highest BCUT2D eigenvalue weighted by Crippen LogP contribution is 2.28.